The lowest BCUT2D eigenvalue weighted by Gasteiger charge is -2.23. The lowest BCUT2D eigenvalue weighted by Crippen LogP contribution is -2.31. The fourth-order valence-corrected chi connectivity index (χ4v) is 3.42. The van der Waals surface area contributed by atoms with Crippen LogP contribution in [0.1, 0.15) is 34.5 Å². The second kappa shape index (κ2) is 8.14. The van der Waals surface area contributed by atoms with E-state index in [4.69, 9.17) is 4.42 Å². The largest absolute Gasteiger partial charge is 0.467 e. The molecule has 4 rings (SSSR count). The van der Waals surface area contributed by atoms with Crippen LogP contribution in [0.25, 0.3) is 0 Å². The fourth-order valence-electron chi connectivity index (χ4n) is 3.42. The summed E-state index contributed by atoms with van der Waals surface area (Å²) in [5, 5.41) is 0. The summed E-state index contributed by atoms with van der Waals surface area (Å²) in [4.78, 5) is 40.2. The average Bonchev–Trinajstić information content (AvgIpc) is 3.37. The molecule has 0 saturated carbocycles. The number of benzene rings is 2. The van der Waals surface area contributed by atoms with Gasteiger partial charge in [0.15, 0.2) is 0 Å². The first kappa shape index (κ1) is 18.7. The summed E-state index contributed by atoms with van der Waals surface area (Å²) in [6.45, 7) is 0.721. The van der Waals surface area contributed by atoms with E-state index in [1.54, 1.807) is 41.5 Å². The summed E-state index contributed by atoms with van der Waals surface area (Å²) < 4.78 is 5.43. The van der Waals surface area contributed by atoms with Crippen molar-refractivity contribution in [1.29, 1.82) is 0 Å². The predicted octanol–water partition coefficient (Wildman–Crippen LogP) is 3.78. The van der Waals surface area contributed by atoms with Crippen molar-refractivity contribution in [2.75, 3.05) is 4.90 Å². The Morgan fingerprint density at radius 3 is 2.34 bits per heavy atom. The summed E-state index contributed by atoms with van der Waals surface area (Å²) in [6.07, 6.45) is 1.98. The minimum Gasteiger partial charge on any atom is -0.467 e. The first-order chi connectivity index (χ1) is 14.1. The molecule has 2 aromatic carbocycles. The molecule has 0 atom stereocenters. The molecule has 0 bridgehead atoms. The number of carbonyl (C=O) groups excluding carboxylic acids is 3. The normalized spacial score (nSPS) is 13.7. The van der Waals surface area contributed by atoms with E-state index in [1.165, 1.54) is 0 Å². The maximum Gasteiger partial charge on any atom is 0.254 e. The summed E-state index contributed by atoms with van der Waals surface area (Å²) >= 11 is 0. The molecule has 0 aliphatic carbocycles. The minimum atomic E-state index is -0.240. The molecule has 3 amide bonds. The third-order valence-electron chi connectivity index (χ3n) is 4.83. The Balaban J connectivity index is 1.62. The van der Waals surface area contributed by atoms with E-state index in [9.17, 15) is 14.4 Å². The van der Waals surface area contributed by atoms with Crippen molar-refractivity contribution in [3.63, 3.8) is 0 Å². The fraction of sp³-hybridized carbons (Fsp3) is 0.174. The maximum absolute atomic E-state index is 13.3. The monoisotopic (exact) mass is 388 g/mol. The minimum absolute atomic E-state index is 0.203. The Morgan fingerprint density at radius 1 is 0.897 bits per heavy atom. The molecule has 6 heteroatoms. The number of anilines is 1. The first-order valence-corrected chi connectivity index (χ1v) is 9.43. The van der Waals surface area contributed by atoms with E-state index in [2.05, 4.69) is 0 Å². The van der Waals surface area contributed by atoms with E-state index in [0.717, 1.165) is 10.5 Å². The lowest BCUT2D eigenvalue weighted by molar-refractivity contribution is -0.121. The molecule has 3 aromatic rings. The second-order valence-electron chi connectivity index (χ2n) is 6.90. The van der Waals surface area contributed by atoms with E-state index >= 15 is 0 Å². The number of nitrogens with zero attached hydrogens (tertiary/aromatic N) is 2. The molecule has 1 fully saturated rings. The molecule has 0 N–H and O–H groups in total. The van der Waals surface area contributed by atoms with Crippen molar-refractivity contribution in [2.45, 2.75) is 25.9 Å². The SMILES string of the molecule is O=C(c1cccc(N2C(=O)CCC2=O)c1)N(Cc1ccccc1)Cc1ccco1. The van der Waals surface area contributed by atoms with Crippen molar-refractivity contribution < 1.29 is 18.8 Å². The third-order valence-corrected chi connectivity index (χ3v) is 4.83. The molecule has 1 saturated heterocycles. The third kappa shape index (κ3) is 4.11. The smallest absolute Gasteiger partial charge is 0.254 e. The van der Waals surface area contributed by atoms with Gasteiger partial charge in [0.1, 0.15) is 5.76 Å². The van der Waals surface area contributed by atoms with Gasteiger partial charge in [0.2, 0.25) is 11.8 Å². The summed E-state index contributed by atoms with van der Waals surface area (Å²) in [6, 6.07) is 20.0. The first-order valence-electron chi connectivity index (χ1n) is 9.43. The number of amides is 3. The van der Waals surface area contributed by atoms with Gasteiger partial charge in [-0.3, -0.25) is 19.3 Å². The molecular weight excluding hydrogens is 368 g/mol. The zero-order valence-electron chi connectivity index (χ0n) is 15.8. The zero-order chi connectivity index (χ0) is 20.2. The predicted molar refractivity (Wildman–Crippen MR) is 107 cm³/mol. The molecule has 1 aromatic heterocycles. The Bertz CT molecular complexity index is 1010. The van der Waals surface area contributed by atoms with Crippen molar-refractivity contribution in [3.05, 3.63) is 89.9 Å². The van der Waals surface area contributed by atoms with Gasteiger partial charge in [-0.1, -0.05) is 36.4 Å². The van der Waals surface area contributed by atoms with Crippen LogP contribution < -0.4 is 4.90 Å². The van der Waals surface area contributed by atoms with Crippen molar-refractivity contribution in [1.82, 2.24) is 4.90 Å². The topological polar surface area (TPSA) is 70.8 Å². The van der Waals surface area contributed by atoms with Gasteiger partial charge in [-0.15, -0.1) is 0 Å². The number of furan rings is 1. The number of rotatable bonds is 6. The van der Waals surface area contributed by atoms with Crippen molar-refractivity contribution >= 4 is 23.4 Å². The van der Waals surface area contributed by atoms with Gasteiger partial charge in [0.05, 0.1) is 18.5 Å². The van der Waals surface area contributed by atoms with E-state index in [0.29, 0.717) is 30.1 Å². The molecular formula is C23H20N2O4. The highest BCUT2D eigenvalue weighted by Crippen LogP contribution is 2.24. The molecule has 29 heavy (non-hydrogen) atoms. The van der Waals surface area contributed by atoms with Gasteiger partial charge in [0, 0.05) is 24.9 Å². The van der Waals surface area contributed by atoms with Gasteiger partial charge < -0.3 is 9.32 Å². The van der Waals surface area contributed by atoms with Crippen LogP contribution in [0, 0.1) is 0 Å². The lowest BCUT2D eigenvalue weighted by atomic mass is 10.1. The van der Waals surface area contributed by atoms with Crippen LogP contribution >= 0.6 is 0 Å². The van der Waals surface area contributed by atoms with Gasteiger partial charge >= 0.3 is 0 Å². The molecule has 0 radical (unpaired) electrons. The highest BCUT2D eigenvalue weighted by molar-refractivity contribution is 6.20. The number of hydrogen-bond acceptors (Lipinski definition) is 4. The highest BCUT2D eigenvalue weighted by Gasteiger charge is 2.30. The quantitative estimate of drug-likeness (QED) is 0.603. The van der Waals surface area contributed by atoms with Gasteiger partial charge in [-0.05, 0) is 35.9 Å². The maximum atomic E-state index is 13.3. The van der Waals surface area contributed by atoms with Crippen molar-refractivity contribution in [2.24, 2.45) is 0 Å². The second-order valence-corrected chi connectivity index (χ2v) is 6.90. The number of imide groups is 1. The molecule has 2 heterocycles. The summed E-state index contributed by atoms with van der Waals surface area (Å²) in [5.74, 6) is -0.00538. The number of hydrogen-bond donors (Lipinski definition) is 0. The van der Waals surface area contributed by atoms with Crippen LogP contribution in [-0.4, -0.2) is 22.6 Å². The van der Waals surface area contributed by atoms with Crippen molar-refractivity contribution in [3.8, 4) is 0 Å². The molecule has 1 aliphatic heterocycles. The Morgan fingerprint density at radius 2 is 1.66 bits per heavy atom. The van der Waals surface area contributed by atoms with Gasteiger partial charge in [-0.25, -0.2) is 0 Å². The van der Waals surface area contributed by atoms with Crippen LogP contribution in [0.5, 0.6) is 0 Å². The number of carbonyl (C=O) groups is 3. The summed E-state index contributed by atoms with van der Waals surface area (Å²) in [7, 11) is 0. The van der Waals surface area contributed by atoms with Crippen LogP contribution in [0.4, 0.5) is 5.69 Å². The highest BCUT2D eigenvalue weighted by atomic mass is 16.3. The molecule has 6 nitrogen and oxygen atoms in total. The van der Waals surface area contributed by atoms with E-state index in [-0.39, 0.29) is 30.6 Å². The van der Waals surface area contributed by atoms with Crippen LogP contribution in [0.15, 0.2) is 77.4 Å². The Kier molecular flexibility index (Phi) is 5.24. The Hall–Kier alpha value is -3.67. The average molecular weight is 388 g/mol. The van der Waals surface area contributed by atoms with E-state index in [1.807, 2.05) is 36.4 Å². The standard InChI is InChI=1S/C23H20N2O4/c26-21-11-12-22(27)25(21)19-9-4-8-18(14-19)23(28)24(16-20-10-5-13-29-20)15-17-6-2-1-3-7-17/h1-10,13-14H,11-12,15-16H2. The molecule has 0 spiro atoms. The molecule has 1 aliphatic rings. The summed E-state index contributed by atoms with van der Waals surface area (Å²) in [5.41, 5.74) is 1.84. The molecule has 146 valence electrons. The van der Waals surface area contributed by atoms with Crippen LogP contribution in [0.2, 0.25) is 0 Å². The van der Waals surface area contributed by atoms with Gasteiger partial charge in [0.25, 0.3) is 5.91 Å². The zero-order valence-corrected chi connectivity index (χ0v) is 15.8. The van der Waals surface area contributed by atoms with E-state index < -0.39 is 0 Å². The van der Waals surface area contributed by atoms with Crippen LogP contribution in [-0.2, 0) is 22.7 Å². The molecule has 0 unspecified atom stereocenters. The Labute approximate surface area is 168 Å². The van der Waals surface area contributed by atoms with Crippen LogP contribution in [0.3, 0.4) is 0 Å². The van der Waals surface area contributed by atoms with Gasteiger partial charge in [-0.2, -0.15) is 0 Å².